The van der Waals surface area contributed by atoms with Crippen molar-refractivity contribution in [3.05, 3.63) is 145 Å². The number of aliphatic hydroxyl groups is 2. The number of hydrogen-bond acceptors (Lipinski definition) is 2. The number of rotatable bonds is 2. The maximum Gasteiger partial charge on any atom is 0.0319 e. The van der Waals surface area contributed by atoms with Crippen LogP contribution in [0, 0.1) is 12.1 Å². The fourth-order valence-corrected chi connectivity index (χ4v) is 2.11. The molecule has 0 spiro atoms. The molecule has 0 aliphatic carbocycles. The Bertz CT molecular complexity index is 644. The van der Waals surface area contributed by atoms with Gasteiger partial charge in [0.15, 0.2) is 0 Å². The first kappa shape index (κ1) is 59.3. The van der Waals surface area contributed by atoms with Crippen LogP contribution < -0.4 is 0 Å². The van der Waals surface area contributed by atoms with Crippen LogP contribution in [-0.2, 0) is 39.1 Å². The zero-order valence-electron chi connectivity index (χ0n) is 29.7. The van der Waals surface area contributed by atoms with E-state index in [9.17, 15) is 0 Å². The average Bonchev–Trinajstić information content (AvgIpc) is 3.15. The molecule has 239 valence electrons. The molecule has 0 amide bonds. The second-order valence-electron chi connectivity index (χ2n) is 5.30. The van der Waals surface area contributed by atoms with Gasteiger partial charge in [0.05, 0.1) is 0 Å². The molecule has 4 aromatic rings. The van der Waals surface area contributed by atoms with Gasteiger partial charge in [0.25, 0.3) is 0 Å². The van der Waals surface area contributed by atoms with Crippen LogP contribution in [0.2, 0.25) is 0 Å². The first-order valence-electron chi connectivity index (χ1n) is 15.2. The molecule has 42 heavy (non-hydrogen) atoms. The molecule has 4 aromatic carbocycles. The van der Waals surface area contributed by atoms with Gasteiger partial charge >= 0.3 is 0 Å². The van der Waals surface area contributed by atoms with Crippen LogP contribution in [-0.4, -0.2) is 24.4 Å². The summed E-state index contributed by atoms with van der Waals surface area (Å²) >= 11 is 0. The molecule has 0 saturated carbocycles. The van der Waals surface area contributed by atoms with E-state index in [4.69, 9.17) is 10.2 Å². The van der Waals surface area contributed by atoms with Crippen LogP contribution >= 0.6 is 0 Å². The van der Waals surface area contributed by atoms with Crippen molar-refractivity contribution in [2.75, 3.05) is 14.2 Å². The van der Waals surface area contributed by atoms with Crippen LogP contribution in [0.3, 0.4) is 0 Å². The van der Waals surface area contributed by atoms with Gasteiger partial charge in [0, 0.05) is 46.9 Å². The van der Waals surface area contributed by atoms with Gasteiger partial charge in [-0.05, 0) is 17.5 Å². The monoisotopic (exact) mass is 655 g/mol. The van der Waals surface area contributed by atoms with E-state index in [2.05, 4.69) is 72.8 Å². The van der Waals surface area contributed by atoms with E-state index in [1.807, 2.05) is 144 Å². The Morgan fingerprint density at radius 1 is 0.357 bits per heavy atom. The summed E-state index contributed by atoms with van der Waals surface area (Å²) in [6.45, 7) is 24.0. The molecule has 0 unspecified atom stereocenters. The van der Waals surface area contributed by atoms with Crippen molar-refractivity contribution in [3.63, 3.8) is 0 Å². The van der Waals surface area contributed by atoms with Gasteiger partial charge in [-0.15, -0.1) is 0 Å². The van der Waals surface area contributed by atoms with Crippen molar-refractivity contribution in [1.82, 2.24) is 0 Å². The molecular weight excluding hydrogens is 589 g/mol. The molecule has 4 rings (SSSR count). The standard InChI is InChI=1S/C13H12.2C6H5.6C2H6.2CH4O.Y/c1-3-7-12(8-4-1)11-13-9-5-2-6-10-13;2*1-2-4-6-5-3-1;8*1-2;/h1-10H,11H2;2*1-5H;6*1-2H3;2*2H,1H3;/q;2*-1;;;;;;;;;. The Balaban J connectivity index is -0.0000000576. The third-order valence-electron chi connectivity index (χ3n) is 3.31. The van der Waals surface area contributed by atoms with Crippen molar-refractivity contribution in [1.29, 1.82) is 0 Å². The van der Waals surface area contributed by atoms with Gasteiger partial charge in [-0.3, -0.25) is 0 Å². The van der Waals surface area contributed by atoms with Gasteiger partial charge in [-0.25, -0.2) is 0 Å². The zero-order valence-corrected chi connectivity index (χ0v) is 32.6. The summed E-state index contributed by atoms with van der Waals surface area (Å²) in [4.78, 5) is 0. The summed E-state index contributed by atoms with van der Waals surface area (Å²) in [7, 11) is 2.00. The van der Waals surface area contributed by atoms with E-state index in [1.54, 1.807) is 0 Å². The molecule has 2 N–H and O–H groups in total. The predicted molar refractivity (Wildman–Crippen MR) is 191 cm³/mol. The predicted octanol–water partition coefficient (Wildman–Crippen LogP) is 11.6. The maximum absolute atomic E-state index is 7.00. The first-order valence-corrected chi connectivity index (χ1v) is 15.2. The second kappa shape index (κ2) is 77.2. The molecule has 0 aliphatic rings. The van der Waals surface area contributed by atoms with E-state index in [0.29, 0.717) is 0 Å². The van der Waals surface area contributed by atoms with Crippen LogP contribution in [0.25, 0.3) is 0 Å². The van der Waals surface area contributed by atoms with Gasteiger partial charge in [0.1, 0.15) is 0 Å². The zero-order chi connectivity index (χ0) is 33.4. The van der Waals surface area contributed by atoms with Crippen LogP contribution in [0.15, 0.2) is 121 Å². The molecule has 0 atom stereocenters. The van der Waals surface area contributed by atoms with Gasteiger partial charge in [-0.2, -0.15) is 72.8 Å². The average molecular weight is 656 g/mol. The summed E-state index contributed by atoms with van der Waals surface area (Å²) in [6.07, 6.45) is 1.03. The molecule has 0 fully saturated rings. The van der Waals surface area contributed by atoms with Crippen molar-refractivity contribution < 1.29 is 42.9 Å². The van der Waals surface area contributed by atoms with E-state index in [0.717, 1.165) is 20.6 Å². The van der Waals surface area contributed by atoms with Crippen molar-refractivity contribution in [3.8, 4) is 0 Å². The van der Waals surface area contributed by atoms with E-state index >= 15 is 0 Å². The fourth-order valence-electron chi connectivity index (χ4n) is 2.11. The Labute approximate surface area is 289 Å². The van der Waals surface area contributed by atoms with Crippen molar-refractivity contribution in [2.24, 2.45) is 0 Å². The Hall–Kier alpha value is -2.10. The normalized spacial score (nSPS) is 6.48. The van der Waals surface area contributed by atoms with Crippen LogP contribution in [0.4, 0.5) is 0 Å². The SMILES string of the molecule is CC.CC.CC.CC.CC.CC.CO.CO.[Y].[c-]1ccccc1.[c-]1ccccc1.c1ccc(Cc2ccccc2)cc1. The van der Waals surface area contributed by atoms with E-state index in [1.165, 1.54) is 11.1 Å². The van der Waals surface area contributed by atoms with Crippen molar-refractivity contribution in [2.45, 2.75) is 89.5 Å². The molecule has 0 aromatic heterocycles. The first-order chi connectivity index (χ1) is 20.4. The summed E-state index contributed by atoms with van der Waals surface area (Å²) in [6, 6.07) is 46.1. The number of hydrogen-bond donors (Lipinski definition) is 2. The molecule has 0 aliphatic heterocycles. The summed E-state index contributed by atoms with van der Waals surface area (Å²) in [5.74, 6) is 0. The second-order valence-corrected chi connectivity index (χ2v) is 5.30. The quantitative estimate of drug-likeness (QED) is 0.211. The Kier molecular flexibility index (Phi) is 109. The summed E-state index contributed by atoms with van der Waals surface area (Å²) in [5, 5.41) is 14.0. The molecule has 0 heterocycles. The number of benzene rings is 4. The third kappa shape index (κ3) is 57.7. The molecular formula is C39H66O2Y-2. The van der Waals surface area contributed by atoms with Gasteiger partial charge in [-0.1, -0.05) is 144 Å². The minimum atomic E-state index is 0. The molecule has 1 radical (unpaired) electrons. The van der Waals surface area contributed by atoms with E-state index < -0.39 is 0 Å². The summed E-state index contributed by atoms with van der Waals surface area (Å²) in [5.41, 5.74) is 2.74. The largest absolute Gasteiger partial charge is 0.400 e. The number of aliphatic hydroxyl groups excluding tert-OH is 2. The topological polar surface area (TPSA) is 40.5 Å². The van der Waals surface area contributed by atoms with Crippen LogP contribution in [0.5, 0.6) is 0 Å². The molecule has 2 nitrogen and oxygen atoms in total. The fraction of sp³-hybridized carbons (Fsp3) is 0.385. The van der Waals surface area contributed by atoms with Gasteiger partial charge < -0.3 is 10.2 Å². The minimum absolute atomic E-state index is 0. The summed E-state index contributed by atoms with van der Waals surface area (Å²) < 4.78 is 0. The van der Waals surface area contributed by atoms with Crippen LogP contribution in [0.1, 0.15) is 94.2 Å². The van der Waals surface area contributed by atoms with Gasteiger partial charge in [0.2, 0.25) is 0 Å². The third-order valence-corrected chi connectivity index (χ3v) is 3.31. The molecule has 0 saturated heterocycles. The van der Waals surface area contributed by atoms with Crippen molar-refractivity contribution >= 4 is 0 Å². The maximum atomic E-state index is 7.00. The van der Waals surface area contributed by atoms with E-state index in [-0.39, 0.29) is 32.7 Å². The minimum Gasteiger partial charge on any atom is -0.400 e. The Morgan fingerprint density at radius 2 is 0.548 bits per heavy atom. The molecule has 0 bridgehead atoms. The smallest absolute Gasteiger partial charge is 0.0319 e. The Morgan fingerprint density at radius 3 is 0.690 bits per heavy atom. The molecule has 3 heteroatoms.